The summed E-state index contributed by atoms with van der Waals surface area (Å²) in [6.45, 7) is 9.91. The van der Waals surface area contributed by atoms with Crippen molar-refractivity contribution < 1.29 is 28.2 Å². The molecule has 0 saturated carbocycles. The van der Waals surface area contributed by atoms with Crippen LogP contribution >= 0.6 is 0 Å². The third kappa shape index (κ3) is 7.80. The number of benzene rings is 3. The minimum Gasteiger partial charge on any atom is -0.490 e. The van der Waals surface area contributed by atoms with E-state index in [1.807, 2.05) is 44.2 Å². The van der Waals surface area contributed by atoms with Crippen molar-refractivity contribution in [2.24, 2.45) is 0 Å². The minimum atomic E-state index is -0.339. The molecular weight excluding hydrogens is 494 g/mol. The first-order valence-electron chi connectivity index (χ1n) is 13.2. The van der Waals surface area contributed by atoms with Crippen molar-refractivity contribution in [1.82, 2.24) is 0 Å². The number of hydrogen-bond acceptors (Lipinski definition) is 6. The lowest BCUT2D eigenvalue weighted by Gasteiger charge is -2.13. The summed E-state index contributed by atoms with van der Waals surface area (Å²) in [6, 6.07) is 24.3. The molecule has 0 radical (unpaired) electrons. The summed E-state index contributed by atoms with van der Waals surface area (Å²) in [6.07, 6.45) is 0. The van der Waals surface area contributed by atoms with Crippen molar-refractivity contribution in [1.29, 1.82) is 0 Å². The van der Waals surface area contributed by atoms with Crippen LogP contribution in [0.3, 0.4) is 0 Å². The van der Waals surface area contributed by atoms with Crippen LogP contribution in [0.1, 0.15) is 61.1 Å². The van der Waals surface area contributed by atoms with E-state index in [1.165, 1.54) is 5.56 Å². The molecule has 4 rings (SSSR count). The Hall–Kier alpha value is -4.39. The molecule has 4 aromatic rings. The molecule has 0 atom stereocenters. The molecule has 0 unspecified atom stereocenters. The summed E-state index contributed by atoms with van der Waals surface area (Å²) >= 11 is 0. The molecular formula is C32H35NO6. The molecule has 0 aliphatic carbocycles. The number of furan rings is 1. The van der Waals surface area contributed by atoms with Gasteiger partial charge in [-0.1, -0.05) is 32.0 Å². The minimum absolute atomic E-state index is 0.213. The van der Waals surface area contributed by atoms with Crippen LogP contribution in [0.25, 0.3) is 0 Å². The van der Waals surface area contributed by atoms with Gasteiger partial charge in [-0.2, -0.15) is 0 Å². The van der Waals surface area contributed by atoms with Gasteiger partial charge in [0.2, 0.25) is 0 Å². The van der Waals surface area contributed by atoms with E-state index in [0.717, 1.165) is 17.1 Å². The molecule has 0 fully saturated rings. The lowest BCUT2D eigenvalue weighted by Crippen LogP contribution is -2.10. The average molecular weight is 530 g/mol. The second-order valence-corrected chi connectivity index (χ2v) is 9.19. The van der Waals surface area contributed by atoms with Crippen LogP contribution in [0.2, 0.25) is 0 Å². The van der Waals surface area contributed by atoms with E-state index in [2.05, 4.69) is 31.3 Å². The second-order valence-electron chi connectivity index (χ2n) is 9.19. The first-order chi connectivity index (χ1) is 18.9. The Morgan fingerprint density at radius 2 is 1.38 bits per heavy atom. The third-order valence-electron chi connectivity index (χ3n) is 5.94. The topological polar surface area (TPSA) is 79.2 Å². The van der Waals surface area contributed by atoms with Gasteiger partial charge < -0.3 is 28.7 Å². The van der Waals surface area contributed by atoms with Gasteiger partial charge in [0.05, 0.1) is 13.2 Å². The number of ether oxygens (including phenoxy) is 4. The highest BCUT2D eigenvalue weighted by Crippen LogP contribution is 2.29. The zero-order valence-electron chi connectivity index (χ0n) is 22.9. The number of hydrogen-bond donors (Lipinski definition) is 1. The molecule has 0 bridgehead atoms. The first kappa shape index (κ1) is 27.6. The fourth-order valence-electron chi connectivity index (χ4n) is 3.86. The molecule has 0 aliphatic rings. The van der Waals surface area contributed by atoms with E-state index in [-0.39, 0.29) is 18.3 Å². The number of amides is 1. The van der Waals surface area contributed by atoms with Gasteiger partial charge in [-0.25, -0.2) is 0 Å². The number of carbonyl (C=O) groups is 1. The van der Waals surface area contributed by atoms with E-state index in [0.29, 0.717) is 48.7 Å². The van der Waals surface area contributed by atoms with Crippen molar-refractivity contribution in [3.05, 3.63) is 102 Å². The zero-order chi connectivity index (χ0) is 27.6. The molecule has 39 heavy (non-hydrogen) atoms. The number of carbonyl (C=O) groups excluding carboxylic acids is 1. The Morgan fingerprint density at radius 3 is 2.05 bits per heavy atom. The van der Waals surface area contributed by atoms with Crippen LogP contribution in [0.5, 0.6) is 23.0 Å². The quantitative estimate of drug-likeness (QED) is 0.192. The summed E-state index contributed by atoms with van der Waals surface area (Å²) in [4.78, 5) is 12.7. The zero-order valence-corrected chi connectivity index (χ0v) is 22.9. The molecule has 1 aromatic heterocycles. The van der Waals surface area contributed by atoms with Crippen molar-refractivity contribution in [2.45, 2.75) is 46.8 Å². The number of anilines is 1. The van der Waals surface area contributed by atoms with Crippen molar-refractivity contribution in [3.8, 4) is 23.0 Å². The van der Waals surface area contributed by atoms with Gasteiger partial charge >= 0.3 is 0 Å². The lowest BCUT2D eigenvalue weighted by atomic mass is 10.0. The molecule has 0 spiro atoms. The Labute approximate surface area is 229 Å². The molecule has 3 aromatic carbocycles. The van der Waals surface area contributed by atoms with Crippen LogP contribution in [0.4, 0.5) is 5.69 Å². The van der Waals surface area contributed by atoms with Crippen LogP contribution in [0, 0.1) is 0 Å². The van der Waals surface area contributed by atoms with Gasteiger partial charge in [-0.3, -0.25) is 4.79 Å². The van der Waals surface area contributed by atoms with Crippen LogP contribution in [0.15, 0.2) is 83.3 Å². The molecule has 7 nitrogen and oxygen atoms in total. The summed E-state index contributed by atoms with van der Waals surface area (Å²) in [5, 5.41) is 2.84. The van der Waals surface area contributed by atoms with Gasteiger partial charge in [-0.15, -0.1) is 0 Å². The van der Waals surface area contributed by atoms with Crippen LogP contribution < -0.4 is 24.3 Å². The molecule has 7 heteroatoms. The maximum absolute atomic E-state index is 12.7. The SMILES string of the molecule is CCOc1ccc(COc2ccc(NC(=O)c3ccc(COc4ccc(C(C)C)cc4)o3)cc2)cc1OCC. The molecule has 0 aliphatic heterocycles. The number of nitrogens with one attached hydrogen (secondary N) is 1. The summed E-state index contributed by atoms with van der Waals surface area (Å²) in [5.41, 5.74) is 2.85. The van der Waals surface area contributed by atoms with E-state index >= 15 is 0 Å². The highest BCUT2D eigenvalue weighted by Gasteiger charge is 2.13. The smallest absolute Gasteiger partial charge is 0.291 e. The number of rotatable bonds is 13. The first-order valence-corrected chi connectivity index (χ1v) is 13.2. The fourth-order valence-corrected chi connectivity index (χ4v) is 3.86. The van der Waals surface area contributed by atoms with Crippen molar-refractivity contribution >= 4 is 11.6 Å². The third-order valence-corrected chi connectivity index (χ3v) is 5.94. The Morgan fingerprint density at radius 1 is 0.744 bits per heavy atom. The average Bonchev–Trinajstić information content (AvgIpc) is 3.43. The molecule has 204 valence electrons. The predicted molar refractivity (Wildman–Crippen MR) is 151 cm³/mol. The Kier molecular flexibility index (Phi) is 9.51. The van der Waals surface area contributed by atoms with E-state index in [4.69, 9.17) is 23.4 Å². The highest BCUT2D eigenvalue weighted by molar-refractivity contribution is 6.02. The highest BCUT2D eigenvalue weighted by atomic mass is 16.5. The normalized spacial score (nSPS) is 10.8. The molecule has 0 saturated heterocycles. The summed E-state index contributed by atoms with van der Waals surface area (Å²) < 4.78 is 28.7. The van der Waals surface area contributed by atoms with Crippen molar-refractivity contribution in [2.75, 3.05) is 18.5 Å². The van der Waals surface area contributed by atoms with Gasteiger partial charge in [0.25, 0.3) is 5.91 Å². The van der Waals surface area contributed by atoms with Gasteiger partial charge in [0.1, 0.15) is 30.5 Å². The van der Waals surface area contributed by atoms with E-state index in [1.54, 1.807) is 36.4 Å². The summed E-state index contributed by atoms with van der Waals surface area (Å²) in [7, 11) is 0. The van der Waals surface area contributed by atoms with Gasteiger partial charge in [0.15, 0.2) is 17.3 Å². The van der Waals surface area contributed by atoms with Crippen LogP contribution in [-0.4, -0.2) is 19.1 Å². The maximum atomic E-state index is 12.7. The van der Waals surface area contributed by atoms with Crippen LogP contribution in [-0.2, 0) is 13.2 Å². The maximum Gasteiger partial charge on any atom is 0.291 e. The lowest BCUT2D eigenvalue weighted by molar-refractivity contribution is 0.0992. The van der Waals surface area contributed by atoms with Gasteiger partial charge in [0, 0.05) is 5.69 Å². The van der Waals surface area contributed by atoms with Gasteiger partial charge in [-0.05, 0) is 91.6 Å². The predicted octanol–water partition coefficient (Wildman–Crippen LogP) is 7.61. The largest absolute Gasteiger partial charge is 0.490 e. The summed E-state index contributed by atoms with van der Waals surface area (Å²) in [5.74, 6) is 3.76. The van der Waals surface area contributed by atoms with E-state index < -0.39 is 0 Å². The fraction of sp³-hybridized carbons (Fsp3) is 0.281. The Bertz CT molecular complexity index is 1340. The Balaban J connectivity index is 1.27. The molecule has 1 N–H and O–H groups in total. The molecule has 1 amide bonds. The second kappa shape index (κ2) is 13.4. The monoisotopic (exact) mass is 529 g/mol. The van der Waals surface area contributed by atoms with E-state index in [9.17, 15) is 4.79 Å². The molecule has 1 heterocycles. The van der Waals surface area contributed by atoms with Crippen molar-refractivity contribution in [3.63, 3.8) is 0 Å². The standard InChI is InChI=1S/C32H35NO6/c1-5-35-29-17-7-23(19-31(29)36-6-2)20-37-27-14-10-25(11-15-27)33-32(34)30-18-16-28(39-30)21-38-26-12-8-24(9-13-26)22(3)4/h7-19,22H,5-6,20-21H2,1-4H3,(H,33,34).